The van der Waals surface area contributed by atoms with E-state index in [0.717, 1.165) is 37.9 Å². The second-order valence-corrected chi connectivity index (χ2v) is 8.97. The fraction of sp³-hybridized carbons (Fsp3) is 0.286. The summed E-state index contributed by atoms with van der Waals surface area (Å²) in [6.45, 7) is 6.16. The molecule has 1 fully saturated rings. The smallest absolute Gasteiger partial charge is 0.323 e. The van der Waals surface area contributed by atoms with E-state index in [1.807, 2.05) is 29.2 Å². The first kappa shape index (κ1) is 22.2. The van der Waals surface area contributed by atoms with Gasteiger partial charge in [0.25, 0.3) is 0 Å². The summed E-state index contributed by atoms with van der Waals surface area (Å²) in [5.74, 6) is 0.477. The van der Waals surface area contributed by atoms with Crippen molar-refractivity contribution in [2.75, 3.05) is 31.5 Å². The van der Waals surface area contributed by atoms with Crippen LogP contribution in [0.1, 0.15) is 22.3 Å². The Bertz CT molecular complexity index is 1270. The quantitative estimate of drug-likeness (QED) is 0.431. The standard InChI is InChI=1S/C28H30N4O2/c1-21-7-2-3-10-24(21)14-13-22-8-6-9-23(19-22)20-31-15-17-32(18-16-31)28(33)29-27-25-11-4-5-12-26(25)34-30-27/h2-12,19H,13-18,20H2,1H3,(H,29,30,33). The first-order valence-corrected chi connectivity index (χ1v) is 11.9. The number of rotatable bonds is 6. The predicted octanol–water partition coefficient (Wildman–Crippen LogP) is 5.27. The lowest BCUT2D eigenvalue weighted by molar-refractivity contribution is 0.143. The number of nitrogens with zero attached hydrogens (tertiary/aromatic N) is 3. The number of nitrogens with one attached hydrogen (secondary N) is 1. The second kappa shape index (κ2) is 10.1. The average molecular weight is 455 g/mol. The van der Waals surface area contributed by atoms with E-state index in [4.69, 9.17) is 4.52 Å². The molecule has 6 nitrogen and oxygen atoms in total. The molecule has 0 bridgehead atoms. The number of benzene rings is 3. The molecule has 4 aromatic rings. The van der Waals surface area contributed by atoms with E-state index in [9.17, 15) is 4.79 Å². The molecule has 2 heterocycles. The minimum atomic E-state index is -0.128. The summed E-state index contributed by atoms with van der Waals surface area (Å²) in [5.41, 5.74) is 6.15. The third kappa shape index (κ3) is 5.13. The molecule has 0 unspecified atom stereocenters. The Morgan fingerprint density at radius 1 is 0.912 bits per heavy atom. The number of fused-ring (bicyclic) bond motifs is 1. The van der Waals surface area contributed by atoms with Crippen LogP contribution < -0.4 is 5.32 Å². The van der Waals surface area contributed by atoms with Gasteiger partial charge in [0.15, 0.2) is 11.4 Å². The first-order valence-electron chi connectivity index (χ1n) is 11.9. The summed E-state index contributed by atoms with van der Waals surface area (Å²) in [6.07, 6.45) is 2.11. The highest BCUT2D eigenvalue weighted by Gasteiger charge is 2.22. The Balaban J connectivity index is 1.12. The van der Waals surface area contributed by atoms with Gasteiger partial charge in [-0.3, -0.25) is 10.2 Å². The van der Waals surface area contributed by atoms with Crippen LogP contribution >= 0.6 is 0 Å². The summed E-state index contributed by atoms with van der Waals surface area (Å²) in [6, 6.07) is 24.9. The Kier molecular flexibility index (Phi) is 6.58. The zero-order valence-corrected chi connectivity index (χ0v) is 19.5. The highest BCUT2D eigenvalue weighted by atomic mass is 16.5. The number of hydrogen-bond acceptors (Lipinski definition) is 4. The van der Waals surface area contributed by atoms with Crippen molar-refractivity contribution in [2.45, 2.75) is 26.3 Å². The Morgan fingerprint density at radius 2 is 1.68 bits per heavy atom. The number of piperazine rings is 1. The van der Waals surface area contributed by atoms with Gasteiger partial charge >= 0.3 is 6.03 Å². The molecule has 3 aromatic carbocycles. The maximum Gasteiger partial charge on any atom is 0.323 e. The number of aromatic nitrogens is 1. The van der Waals surface area contributed by atoms with Gasteiger partial charge in [-0.2, -0.15) is 0 Å². The zero-order chi connectivity index (χ0) is 23.3. The number of urea groups is 1. The Morgan fingerprint density at radius 3 is 2.53 bits per heavy atom. The maximum atomic E-state index is 12.7. The third-order valence-electron chi connectivity index (χ3n) is 6.60. The van der Waals surface area contributed by atoms with Gasteiger partial charge in [-0.15, -0.1) is 0 Å². The van der Waals surface area contributed by atoms with Gasteiger partial charge in [0.1, 0.15) is 0 Å². The molecular formula is C28H30N4O2. The van der Waals surface area contributed by atoms with Gasteiger partial charge in [0.2, 0.25) is 0 Å². The molecular weight excluding hydrogens is 424 g/mol. The van der Waals surface area contributed by atoms with Gasteiger partial charge in [-0.25, -0.2) is 4.79 Å². The number of carbonyl (C=O) groups is 1. The maximum absolute atomic E-state index is 12.7. The van der Waals surface area contributed by atoms with Crippen LogP contribution in [0.2, 0.25) is 0 Å². The van der Waals surface area contributed by atoms with Crippen molar-refractivity contribution in [1.29, 1.82) is 0 Å². The lowest BCUT2D eigenvalue weighted by Crippen LogP contribution is -2.49. The molecule has 1 aromatic heterocycles. The molecule has 0 spiro atoms. The number of hydrogen-bond donors (Lipinski definition) is 1. The lowest BCUT2D eigenvalue weighted by Gasteiger charge is -2.34. The highest BCUT2D eigenvalue weighted by molar-refractivity contribution is 5.98. The summed E-state index contributed by atoms with van der Waals surface area (Å²) in [7, 11) is 0. The fourth-order valence-corrected chi connectivity index (χ4v) is 4.58. The second-order valence-electron chi connectivity index (χ2n) is 8.97. The fourth-order valence-electron chi connectivity index (χ4n) is 4.58. The van der Waals surface area contributed by atoms with E-state index in [2.05, 4.69) is 70.8 Å². The van der Waals surface area contributed by atoms with Gasteiger partial charge in [0, 0.05) is 32.7 Å². The summed E-state index contributed by atoms with van der Waals surface area (Å²) in [4.78, 5) is 17.0. The monoisotopic (exact) mass is 454 g/mol. The molecule has 0 radical (unpaired) electrons. The van der Waals surface area contributed by atoms with Crippen LogP contribution in [0.25, 0.3) is 11.0 Å². The van der Waals surface area contributed by atoms with Crippen molar-refractivity contribution < 1.29 is 9.32 Å². The Hall–Kier alpha value is -3.64. The van der Waals surface area contributed by atoms with E-state index in [1.165, 1.54) is 22.3 Å². The van der Waals surface area contributed by atoms with Crippen molar-refractivity contribution in [3.8, 4) is 0 Å². The van der Waals surface area contributed by atoms with Gasteiger partial charge in [0.05, 0.1) is 5.39 Å². The minimum absolute atomic E-state index is 0.128. The largest absolute Gasteiger partial charge is 0.354 e. The summed E-state index contributed by atoms with van der Waals surface area (Å²) >= 11 is 0. The van der Waals surface area contributed by atoms with E-state index in [-0.39, 0.29) is 6.03 Å². The molecule has 0 saturated carbocycles. The van der Waals surface area contributed by atoms with E-state index in [1.54, 1.807) is 0 Å². The predicted molar refractivity (Wildman–Crippen MR) is 135 cm³/mol. The molecule has 1 aliphatic rings. The summed E-state index contributed by atoms with van der Waals surface area (Å²) in [5, 5.41) is 7.72. The van der Waals surface area contributed by atoms with Crippen molar-refractivity contribution in [3.05, 3.63) is 95.1 Å². The van der Waals surface area contributed by atoms with Crippen molar-refractivity contribution >= 4 is 22.8 Å². The van der Waals surface area contributed by atoms with Gasteiger partial charge < -0.3 is 9.42 Å². The van der Waals surface area contributed by atoms with E-state index >= 15 is 0 Å². The number of anilines is 1. The van der Waals surface area contributed by atoms with Crippen molar-refractivity contribution in [2.24, 2.45) is 0 Å². The highest BCUT2D eigenvalue weighted by Crippen LogP contribution is 2.22. The molecule has 0 aliphatic carbocycles. The minimum Gasteiger partial charge on any atom is -0.354 e. The molecule has 6 heteroatoms. The van der Waals surface area contributed by atoms with Crippen molar-refractivity contribution in [1.82, 2.24) is 15.0 Å². The molecule has 174 valence electrons. The molecule has 0 atom stereocenters. The molecule has 5 rings (SSSR count). The molecule has 1 aliphatic heterocycles. The van der Waals surface area contributed by atoms with Crippen molar-refractivity contribution in [3.63, 3.8) is 0 Å². The normalized spacial score (nSPS) is 14.4. The lowest BCUT2D eigenvalue weighted by atomic mass is 9.99. The van der Waals surface area contributed by atoms with Crippen LogP contribution in [0, 0.1) is 6.92 Å². The Labute approximate surface area is 200 Å². The molecule has 1 saturated heterocycles. The number of aryl methyl sites for hydroxylation is 3. The molecule has 2 amide bonds. The number of carbonyl (C=O) groups excluding carboxylic acids is 1. The van der Waals surface area contributed by atoms with Gasteiger partial charge in [-0.05, 0) is 54.2 Å². The molecule has 1 N–H and O–H groups in total. The number of amides is 2. The molecule has 34 heavy (non-hydrogen) atoms. The topological polar surface area (TPSA) is 61.6 Å². The SMILES string of the molecule is Cc1ccccc1CCc1cccc(CN2CCN(C(=O)Nc3noc4ccccc34)CC2)c1. The van der Waals surface area contributed by atoms with Crippen LogP contribution in [-0.2, 0) is 19.4 Å². The third-order valence-corrected chi connectivity index (χ3v) is 6.60. The first-order chi connectivity index (χ1) is 16.7. The van der Waals surface area contributed by atoms with E-state index in [0.29, 0.717) is 24.5 Å². The number of para-hydroxylation sites is 1. The van der Waals surface area contributed by atoms with Crippen LogP contribution in [0.4, 0.5) is 10.6 Å². The summed E-state index contributed by atoms with van der Waals surface area (Å²) < 4.78 is 5.29. The van der Waals surface area contributed by atoms with Crippen LogP contribution in [0.3, 0.4) is 0 Å². The average Bonchev–Trinajstić information content (AvgIpc) is 3.27. The zero-order valence-electron chi connectivity index (χ0n) is 19.5. The van der Waals surface area contributed by atoms with E-state index < -0.39 is 0 Å². The van der Waals surface area contributed by atoms with Crippen LogP contribution in [0.5, 0.6) is 0 Å². The van der Waals surface area contributed by atoms with Gasteiger partial charge in [-0.1, -0.05) is 65.8 Å². The van der Waals surface area contributed by atoms with Crippen LogP contribution in [0.15, 0.2) is 77.3 Å². The van der Waals surface area contributed by atoms with Crippen LogP contribution in [-0.4, -0.2) is 47.2 Å².